The molecule has 2 heterocycles. The normalized spacial score (nSPS) is 22.8. The largest absolute Gasteiger partial charge is 0.374 e. The number of amides is 3. The number of likely N-dealkylation sites (tertiary alicyclic amines) is 1. The van der Waals surface area contributed by atoms with Gasteiger partial charge in [-0.15, -0.1) is 0 Å². The molecule has 3 aliphatic rings. The quantitative estimate of drug-likeness (QED) is 0.874. The van der Waals surface area contributed by atoms with Gasteiger partial charge in [0.1, 0.15) is 0 Å². The van der Waals surface area contributed by atoms with Crippen molar-refractivity contribution in [2.75, 3.05) is 25.0 Å². The van der Waals surface area contributed by atoms with E-state index in [0.29, 0.717) is 25.6 Å². The van der Waals surface area contributed by atoms with E-state index < -0.39 is 0 Å². The highest BCUT2D eigenvalue weighted by Gasteiger charge is 2.39. The third-order valence-electron chi connectivity index (χ3n) is 5.43. The molecular weight excluding hydrogens is 316 g/mol. The Balaban J connectivity index is 1.28. The topological polar surface area (TPSA) is 64.7 Å². The van der Waals surface area contributed by atoms with E-state index in [1.165, 1.54) is 17.7 Å². The van der Waals surface area contributed by atoms with Crippen LogP contribution in [0.1, 0.15) is 36.8 Å². The van der Waals surface area contributed by atoms with Gasteiger partial charge in [-0.05, 0) is 42.9 Å². The first-order valence-corrected chi connectivity index (χ1v) is 9.27. The van der Waals surface area contributed by atoms with Gasteiger partial charge in [-0.25, -0.2) is 4.79 Å². The van der Waals surface area contributed by atoms with Gasteiger partial charge in [-0.2, -0.15) is 0 Å². The Morgan fingerprint density at radius 2 is 2.16 bits per heavy atom. The second-order valence-corrected chi connectivity index (χ2v) is 7.49. The molecule has 0 unspecified atom stereocenters. The molecule has 1 saturated carbocycles. The van der Waals surface area contributed by atoms with Gasteiger partial charge in [0.15, 0.2) is 0 Å². The van der Waals surface area contributed by atoms with Gasteiger partial charge in [0.25, 0.3) is 0 Å². The lowest BCUT2D eigenvalue weighted by Gasteiger charge is -2.27. The van der Waals surface area contributed by atoms with Gasteiger partial charge in [0.2, 0.25) is 5.91 Å². The molecule has 134 valence electrons. The number of rotatable bonds is 4. The monoisotopic (exact) mass is 342 g/mol. The van der Waals surface area contributed by atoms with Crippen molar-refractivity contribution in [1.29, 1.82) is 0 Å². The molecule has 0 aromatic heterocycles. The molecule has 1 aromatic carbocycles. The average molecular weight is 342 g/mol. The number of carbonyl (C=O) groups excluding carboxylic acids is 2. The number of anilines is 1. The van der Waals surface area contributed by atoms with E-state index in [0.717, 1.165) is 31.4 Å². The molecule has 0 bridgehead atoms. The highest BCUT2D eigenvalue weighted by molar-refractivity contribution is 5.82. The summed E-state index contributed by atoms with van der Waals surface area (Å²) in [6.07, 6.45) is 4.92. The van der Waals surface area contributed by atoms with Crippen LogP contribution in [0.5, 0.6) is 0 Å². The summed E-state index contributed by atoms with van der Waals surface area (Å²) in [7, 11) is 2.12. The van der Waals surface area contributed by atoms with Crippen molar-refractivity contribution >= 4 is 17.6 Å². The standard InChI is InChI=1S/C19H26N4O2/c1-22-8-2-3-14-9-13(4-7-17(14)22)11-20-19(25)21-15-10-18(24)23(12-15)16-5-6-16/h4,7,9,15-16H,2-3,5-6,8,10-12H2,1H3,(H2,20,21,25)/t15-/m1/s1. The maximum absolute atomic E-state index is 12.2. The first-order chi connectivity index (χ1) is 12.1. The molecule has 6 nitrogen and oxygen atoms in total. The lowest BCUT2D eigenvalue weighted by Crippen LogP contribution is -2.43. The van der Waals surface area contributed by atoms with Crippen LogP contribution in [-0.4, -0.2) is 49.1 Å². The number of carbonyl (C=O) groups is 2. The van der Waals surface area contributed by atoms with E-state index in [-0.39, 0.29) is 18.0 Å². The number of nitrogens with one attached hydrogen (secondary N) is 2. The van der Waals surface area contributed by atoms with Crippen molar-refractivity contribution in [2.24, 2.45) is 0 Å². The van der Waals surface area contributed by atoms with Crippen LogP contribution in [-0.2, 0) is 17.8 Å². The van der Waals surface area contributed by atoms with Crippen molar-refractivity contribution < 1.29 is 9.59 Å². The molecule has 1 saturated heterocycles. The van der Waals surface area contributed by atoms with E-state index in [2.05, 4.69) is 40.8 Å². The average Bonchev–Trinajstić information content (AvgIpc) is 3.37. The van der Waals surface area contributed by atoms with Gasteiger partial charge in [0.05, 0.1) is 6.04 Å². The van der Waals surface area contributed by atoms with Crippen molar-refractivity contribution in [2.45, 2.75) is 50.7 Å². The zero-order chi connectivity index (χ0) is 17.4. The van der Waals surface area contributed by atoms with E-state index in [1.807, 2.05) is 4.90 Å². The highest BCUT2D eigenvalue weighted by Crippen LogP contribution is 2.30. The summed E-state index contributed by atoms with van der Waals surface area (Å²) in [5.74, 6) is 0.173. The first kappa shape index (κ1) is 16.2. The Bertz CT molecular complexity index is 686. The summed E-state index contributed by atoms with van der Waals surface area (Å²) < 4.78 is 0. The Labute approximate surface area is 148 Å². The van der Waals surface area contributed by atoms with Crippen LogP contribution in [0.2, 0.25) is 0 Å². The van der Waals surface area contributed by atoms with Crippen LogP contribution in [0.3, 0.4) is 0 Å². The number of fused-ring (bicyclic) bond motifs is 1. The minimum absolute atomic E-state index is 0.0646. The number of benzene rings is 1. The maximum Gasteiger partial charge on any atom is 0.315 e. The third kappa shape index (κ3) is 3.57. The van der Waals surface area contributed by atoms with Crippen molar-refractivity contribution in [3.8, 4) is 0 Å². The van der Waals surface area contributed by atoms with Crippen LogP contribution in [0.15, 0.2) is 18.2 Å². The van der Waals surface area contributed by atoms with Crippen molar-refractivity contribution in [3.63, 3.8) is 0 Å². The molecule has 2 fully saturated rings. The number of aryl methyl sites for hydroxylation is 1. The molecule has 4 rings (SSSR count). The summed E-state index contributed by atoms with van der Waals surface area (Å²) in [5, 5.41) is 5.87. The van der Waals surface area contributed by atoms with Gasteiger partial charge in [-0.1, -0.05) is 12.1 Å². The molecule has 0 spiro atoms. The fourth-order valence-corrected chi connectivity index (χ4v) is 3.93. The predicted molar refractivity (Wildman–Crippen MR) is 96.5 cm³/mol. The summed E-state index contributed by atoms with van der Waals surface area (Å²) >= 11 is 0. The predicted octanol–water partition coefficient (Wildman–Crippen LogP) is 1.63. The first-order valence-electron chi connectivity index (χ1n) is 9.27. The number of hydrogen-bond acceptors (Lipinski definition) is 3. The summed E-state index contributed by atoms with van der Waals surface area (Å²) in [6, 6.07) is 6.59. The molecule has 2 aliphatic heterocycles. The Hall–Kier alpha value is -2.24. The molecular formula is C19H26N4O2. The smallest absolute Gasteiger partial charge is 0.315 e. The zero-order valence-electron chi connectivity index (χ0n) is 14.8. The lowest BCUT2D eigenvalue weighted by atomic mass is 9.99. The molecule has 25 heavy (non-hydrogen) atoms. The molecule has 3 amide bonds. The second kappa shape index (κ2) is 6.58. The van der Waals surface area contributed by atoms with Gasteiger partial charge in [-0.3, -0.25) is 4.79 Å². The summed E-state index contributed by atoms with van der Waals surface area (Å²) in [5.41, 5.74) is 3.77. The number of hydrogen-bond donors (Lipinski definition) is 2. The molecule has 1 atom stereocenters. The minimum Gasteiger partial charge on any atom is -0.374 e. The van der Waals surface area contributed by atoms with E-state index in [9.17, 15) is 9.59 Å². The molecule has 6 heteroatoms. The fraction of sp³-hybridized carbons (Fsp3) is 0.579. The van der Waals surface area contributed by atoms with Crippen LogP contribution in [0.4, 0.5) is 10.5 Å². The zero-order valence-corrected chi connectivity index (χ0v) is 14.8. The summed E-state index contributed by atoms with van der Waals surface area (Å²) in [6.45, 7) is 2.27. The van der Waals surface area contributed by atoms with Gasteiger partial charge >= 0.3 is 6.03 Å². The Kier molecular flexibility index (Phi) is 4.27. The van der Waals surface area contributed by atoms with Gasteiger partial charge in [0, 0.05) is 44.8 Å². The Morgan fingerprint density at radius 3 is 2.96 bits per heavy atom. The van der Waals surface area contributed by atoms with E-state index >= 15 is 0 Å². The van der Waals surface area contributed by atoms with Crippen molar-refractivity contribution in [3.05, 3.63) is 29.3 Å². The highest BCUT2D eigenvalue weighted by atomic mass is 16.2. The molecule has 1 aromatic rings. The fourth-order valence-electron chi connectivity index (χ4n) is 3.93. The SMILES string of the molecule is CN1CCCc2cc(CNC(=O)N[C@@H]3CC(=O)N(C4CC4)C3)ccc21. The molecule has 2 N–H and O–H groups in total. The second-order valence-electron chi connectivity index (χ2n) is 7.49. The minimum atomic E-state index is -0.190. The number of urea groups is 1. The Morgan fingerprint density at radius 1 is 1.32 bits per heavy atom. The van der Waals surface area contributed by atoms with Crippen LogP contribution in [0, 0.1) is 0 Å². The summed E-state index contributed by atoms with van der Waals surface area (Å²) in [4.78, 5) is 28.3. The lowest BCUT2D eigenvalue weighted by molar-refractivity contribution is -0.128. The molecule has 0 radical (unpaired) electrons. The van der Waals surface area contributed by atoms with Crippen LogP contribution < -0.4 is 15.5 Å². The van der Waals surface area contributed by atoms with Crippen molar-refractivity contribution in [1.82, 2.24) is 15.5 Å². The number of nitrogens with zero attached hydrogens (tertiary/aromatic N) is 2. The van der Waals surface area contributed by atoms with E-state index in [1.54, 1.807) is 0 Å². The third-order valence-corrected chi connectivity index (χ3v) is 5.43. The van der Waals surface area contributed by atoms with Crippen LogP contribution in [0.25, 0.3) is 0 Å². The van der Waals surface area contributed by atoms with E-state index in [4.69, 9.17) is 0 Å². The molecule has 1 aliphatic carbocycles. The maximum atomic E-state index is 12.2. The van der Waals surface area contributed by atoms with Gasteiger partial charge < -0.3 is 20.4 Å². The van der Waals surface area contributed by atoms with Crippen LogP contribution >= 0.6 is 0 Å².